The van der Waals surface area contributed by atoms with Crippen LogP contribution in [-0.4, -0.2) is 14.5 Å². The van der Waals surface area contributed by atoms with E-state index >= 15 is 0 Å². The van der Waals surface area contributed by atoms with Gasteiger partial charge in [0.15, 0.2) is 0 Å². The maximum atomic E-state index is 6.17. The molecule has 2 heterocycles. The van der Waals surface area contributed by atoms with Gasteiger partial charge in [0.05, 0.1) is 15.7 Å². The standard InChI is InChI=1S/C15H11Cl3N4/c1-9-8-20-13(7-12(9)18)22-6-5-19-15(22)21-14-10(16)3-2-4-11(14)17/h2-8H,1H3,(H,19,21). The van der Waals surface area contributed by atoms with Crippen molar-refractivity contribution in [2.24, 2.45) is 0 Å². The zero-order valence-corrected chi connectivity index (χ0v) is 13.8. The van der Waals surface area contributed by atoms with E-state index in [-0.39, 0.29) is 0 Å². The van der Waals surface area contributed by atoms with Crippen molar-refractivity contribution in [3.63, 3.8) is 0 Å². The molecule has 0 radical (unpaired) electrons. The van der Waals surface area contributed by atoms with Gasteiger partial charge in [-0.3, -0.25) is 4.57 Å². The Bertz CT molecular complexity index is 809. The SMILES string of the molecule is Cc1cnc(-n2ccnc2Nc2c(Cl)cccc2Cl)cc1Cl. The molecule has 0 atom stereocenters. The second kappa shape index (κ2) is 6.16. The first-order valence-corrected chi connectivity index (χ1v) is 7.56. The lowest BCUT2D eigenvalue weighted by atomic mass is 10.3. The average Bonchev–Trinajstić information content (AvgIpc) is 2.94. The van der Waals surface area contributed by atoms with Crippen LogP contribution in [0.1, 0.15) is 5.56 Å². The summed E-state index contributed by atoms with van der Waals surface area (Å²) in [4.78, 5) is 8.63. The van der Waals surface area contributed by atoms with Crippen LogP contribution in [0.2, 0.25) is 15.1 Å². The van der Waals surface area contributed by atoms with Crippen molar-refractivity contribution in [1.82, 2.24) is 14.5 Å². The molecule has 0 saturated carbocycles. The van der Waals surface area contributed by atoms with Gasteiger partial charge in [0.2, 0.25) is 5.95 Å². The summed E-state index contributed by atoms with van der Waals surface area (Å²) in [7, 11) is 0. The molecule has 0 spiro atoms. The molecule has 3 rings (SSSR count). The molecule has 2 aromatic heterocycles. The first-order valence-electron chi connectivity index (χ1n) is 6.43. The number of hydrogen-bond donors (Lipinski definition) is 1. The number of halogens is 3. The number of hydrogen-bond acceptors (Lipinski definition) is 3. The molecule has 22 heavy (non-hydrogen) atoms. The summed E-state index contributed by atoms with van der Waals surface area (Å²) < 4.78 is 1.77. The first kappa shape index (κ1) is 15.2. The average molecular weight is 354 g/mol. The minimum absolute atomic E-state index is 0.511. The number of benzene rings is 1. The third-order valence-electron chi connectivity index (χ3n) is 3.11. The summed E-state index contributed by atoms with van der Waals surface area (Å²) in [6.07, 6.45) is 5.15. The first-order chi connectivity index (χ1) is 10.6. The van der Waals surface area contributed by atoms with Gasteiger partial charge < -0.3 is 5.32 Å². The summed E-state index contributed by atoms with van der Waals surface area (Å²) >= 11 is 18.5. The second-order valence-corrected chi connectivity index (χ2v) is 5.86. The number of para-hydroxylation sites is 1. The number of aryl methyl sites for hydroxylation is 1. The highest BCUT2D eigenvalue weighted by Gasteiger charge is 2.11. The van der Waals surface area contributed by atoms with Crippen LogP contribution in [0, 0.1) is 6.92 Å². The predicted molar refractivity (Wildman–Crippen MR) is 90.9 cm³/mol. The Morgan fingerprint density at radius 3 is 2.45 bits per heavy atom. The molecule has 0 aliphatic carbocycles. The number of imidazole rings is 1. The zero-order valence-electron chi connectivity index (χ0n) is 11.5. The zero-order chi connectivity index (χ0) is 15.7. The predicted octanol–water partition coefficient (Wildman–Crippen LogP) is 5.28. The van der Waals surface area contributed by atoms with E-state index in [0.717, 1.165) is 5.56 Å². The van der Waals surface area contributed by atoms with E-state index in [1.54, 1.807) is 47.4 Å². The number of nitrogens with one attached hydrogen (secondary N) is 1. The summed E-state index contributed by atoms with van der Waals surface area (Å²) in [5, 5.41) is 4.79. The fraction of sp³-hybridized carbons (Fsp3) is 0.0667. The molecule has 1 N–H and O–H groups in total. The lowest BCUT2D eigenvalue weighted by Gasteiger charge is -2.12. The number of nitrogens with zero attached hydrogens (tertiary/aromatic N) is 3. The van der Waals surface area contributed by atoms with Gasteiger partial charge >= 0.3 is 0 Å². The number of pyridine rings is 1. The Labute approximate surface area is 142 Å². The van der Waals surface area contributed by atoms with Crippen molar-refractivity contribution >= 4 is 46.4 Å². The summed E-state index contributed by atoms with van der Waals surface area (Å²) in [5.74, 6) is 1.20. The largest absolute Gasteiger partial charge is 0.323 e. The molecule has 0 aliphatic heterocycles. The van der Waals surface area contributed by atoms with Crippen molar-refractivity contribution in [1.29, 1.82) is 0 Å². The van der Waals surface area contributed by atoms with Crippen LogP contribution < -0.4 is 5.32 Å². The molecule has 7 heteroatoms. The van der Waals surface area contributed by atoms with Gasteiger partial charge in [0, 0.05) is 29.7 Å². The number of rotatable bonds is 3. The Morgan fingerprint density at radius 2 is 1.77 bits per heavy atom. The molecule has 0 bridgehead atoms. The Kier molecular flexibility index (Phi) is 4.25. The van der Waals surface area contributed by atoms with Crippen LogP contribution in [0.25, 0.3) is 5.82 Å². The van der Waals surface area contributed by atoms with Crippen molar-refractivity contribution < 1.29 is 0 Å². The van der Waals surface area contributed by atoms with E-state index in [0.29, 0.717) is 32.5 Å². The Balaban J connectivity index is 2.00. The Hall–Kier alpha value is -1.75. The number of aromatic nitrogens is 3. The highest BCUT2D eigenvalue weighted by atomic mass is 35.5. The molecule has 4 nitrogen and oxygen atoms in total. The molecular formula is C15H11Cl3N4. The van der Waals surface area contributed by atoms with Crippen LogP contribution in [0.5, 0.6) is 0 Å². The van der Waals surface area contributed by atoms with Crippen molar-refractivity contribution in [3.8, 4) is 5.82 Å². The van der Waals surface area contributed by atoms with Gasteiger partial charge in [-0.25, -0.2) is 9.97 Å². The fourth-order valence-corrected chi connectivity index (χ4v) is 2.57. The van der Waals surface area contributed by atoms with Gasteiger partial charge in [-0.05, 0) is 24.6 Å². The molecular weight excluding hydrogens is 343 g/mol. The highest BCUT2D eigenvalue weighted by Crippen LogP contribution is 2.32. The van der Waals surface area contributed by atoms with E-state index in [1.165, 1.54) is 0 Å². The highest BCUT2D eigenvalue weighted by molar-refractivity contribution is 6.39. The van der Waals surface area contributed by atoms with E-state index in [1.807, 2.05) is 6.92 Å². The monoisotopic (exact) mass is 352 g/mol. The van der Waals surface area contributed by atoms with Crippen molar-refractivity contribution in [3.05, 3.63) is 63.5 Å². The molecule has 0 amide bonds. The topological polar surface area (TPSA) is 42.7 Å². The van der Waals surface area contributed by atoms with E-state index in [4.69, 9.17) is 34.8 Å². The second-order valence-electron chi connectivity index (χ2n) is 4.63. The van der Waals surface area contributed by atoms with Gasteiger partial charge in [-0.1, -0.05) is 40.9 Å². The molecule has 0 fully saturated rings. The third kappa shape index (κ3) is 2.90. The van der Waals surface area contributed by atoms with Crippen LogP contribution in [-0.2, 0) is 0 Å². The van der Waals surface area contributed by atoms with Crippen molar-refractivity contribution in [2.75, 3.05) is 5.32 Å². The molecule has 112 valence electrons. The normalized spacial score (nSPS) is 10.7. The van der Waals surface area contributed by atoms with Crippen LogP contribution >= 0.6 is 34.8 Å². The lowest BCUT2D eigenvalue weighted by molar-refractivity contribution is 0.996. The van der Waals surface area contributed by atoms with Gasteiger partial charge in [0.25, 0.3) is 0 Å². The van der Waals surface area contributed by atoms with Gasteiger partial charge in [-0.15, -0.1) is 0 Å². The van der Waals surface area contributed by atoms with E-state index < -0.39 is 0 Å². The minimum Gasteiger partial charge on any atom is -0.323 e. The smallest absolute Gasteiger partial charge is 0.213 e. The number of anilines is 2. The lowest BCUT2D eigenvalue weighted by Crippen LogP contribution is -2.04. The third-order valence-corrected chi connectivity index (χ3v) is 4.15. The minimum atomic E-state index is 0.511. The Morgan fingerprint density at radius 1 is 1.05 bits per heavy atom. The van der Waals surface area contributed by atoms with Crippen LogP contribution in [0.3, 0.4) is 0 Å². The molecule has 1 aromatic carbocycles. The van der Waals surface area contributed by atoms with Gasteiger partial charge in [-0.2, -0.15) is 0 Å². The van der Waals surface area contributed by atoms with Gasteiger partial charge in [0.1, 0.15) is 5.82 Å². The quantitative estimate of drug-likeness (QED) is 0.696. The van der Waals surface area contributed by atoms with Crippen LogP contribution in [0.15, 0.2) is 42.9 Å². The molecule has 0 aliphatic rings. The van der Waals surface area contributed by atoms with E-state index in [9.17, 15) is 0 Å². The van der Waals surface area contributed by atoms with Crippen LogP contribution in [0.4, 0.5) is 11.6 Å². The maximum Gasteiger partial charge on any atom is 0.213 e. The molecule has 0 unspecified atom stereocenters. The van der Waals surface area contributed by atoms with Crippen molar-refractivity contribution in [2.45, 2.75) is 6.92 Å². The maximum absolute atomic E-state index is 6.17. The fourth-order valence-electron chi connectivity index (χ4n) is 1.93. The molecule has 0 saturated heterocycles. The summed E-state index contributed by atoms with van der Waals surface area (Å²) in [6.45, 7) is 1.90. The van der Waals surface area contributed by atoms with E-state index in [2.05, 4.69) is 15.3 Å². The summed E-state index contributed by atoms with van der Waals surface area (Å²) in [6, 6.07) is 7.07. The summed E-state index contributed by atoms with van der Waals surface area (Å²) in [5.41, 5.74) is 1.51. The molecule has 3 aromatic rings.